The van der Waals surface area contributed by atoms with E-state index in [1.165, 1.54) is 0 Å². The number of aryl methyl sites for hydroxylation is 1. The van der Waals surface area contributed by atoms with Gasteiger partial charge in [-0.2, -0.15) is 0 Å². The molecule has 0 aliphatic heterocycles. The van der Waals surface area contributed by atoms with Crippen LogP contribution in [0.4, 0.5) is 0 Å². The van der Waals surface area contributed by atoms with E-state index in [0.717, 1.165) is 22.4 Å². The summed E-state index contributed by atoms with van der Waals surface area (Å²) in [4.78, 5) is 27.8. The van der Waals surface area contributed by atoms with Gasteiger partial charge in [-0.05, 0) is 42.3 Å². The summed E-state index contributed by atoms with van der Waals surface area (Å²) in [5.74, 6) is 0.650. The molecule has 0 spiro atoms. The van der Waals surface area contributed by atoms with Crippen LogP contribution in [0.25, 0.3) is 22.0 Å². The van der Waals surface area contributed by atoms with Gasteiger partial charge < -0.3 is 14.2 Å². The number of rotatable bonds is 8. The fourth-order valence-electron chi connectivity index (χ4n) is 3.44. The van der Waals surface area contributed by atoms with Crippen LogP contribution in [0.2, 0.25) is 0 Å². The zero-order chi connectivity index (χ0) is 21.7. The molecule has 0 aliphatic carbocycles. The van der Waals surface area contributed by atoms with Crippen molar-refractivity contribution in [2.75, 3.05) is 20.2 Å². The van der Waals surface area contributed by atoms with E-state index in [1.807, 2.05) is 54.0 Å². The van der Waals surface area contributed by atoms with Crippen LogP contribution in [-0.2, 0) is 11.3 Å². The monoisotopic (exact) mass is 402 g/mol. The lowest BCUT2D eigenvalue weighted by Gasteiger charge is -2.21. The smallest absolute Gasteiger partial charge is 0.243 e. The molecule has 3 rings (SSSR count). The zero-order valence-electron chi connectivity index (χ0n) is 17.4. The Kier molecular flexibility index (Phi) is 6.52. The van der Waals surface area contributed by atoms with Crippen LogP contribution in [0.1, 0.15) is 5.56 Å². The molecule has 154 valence electrons. The van der Waals surface area contributed by atoms with E-state index in [0.29, 0.717) is 24.0 Å². The van der Waals surface area contributed by atoms with Crippen LogP contribution in [0.5, 0.6) is 5.75 Å². The minimum absolute atomic E-state index is 0.0621. The van der Waals surface area contributed by atoms with Crippen molar-refractivity contribution in [2.24, 2.45) is 0 Å². The van der Waals surface area contributed by atoms with Crippen LogP contribution in [0.3, 0.4) is 0 Å². The maximum absolute atomic E-state index is 13.2. The second-order valence-electron chi connectivity index (χ2n) is 7.12. The van der Waals surface area contributed by atoms with Crippen molar-refractivity contribution in [2.45, 2.75) is 13.5 Å². The molecule has 0 N–H and O–H groups in total. The molecule has 1 heterocycles. The zero-order valence-corrected chi connectivity index (χ0v) is 17.4. The normalized spacial score (nSPS) is 10.6. The fourth-order valence-corrected chi connectivity index (χ4v) is 3.44. The highest BCUT2D eigenvalue weighted by Gasteiger charge is 2.16. The third-order valence-electron chi connectivity index (χ3n) is 5.00. The second kappa shape index (κ2) is 9.27. The van der Waals surface area contributed by atoms with E-state index in [4.69, 9.17) is 4.74 Å². The third kappa shape index (κ3) is 4.35. The van der Waals surface area contributed by atoms with Crippen LogP contribution in [-0.4, -0.2) is 35.6 Å². The summed E-state index contributed by atoms with van der Waals surface area (Å²) in [5, 5.41) is 0.584. The highest BCUT2D eigenvalue weighted by Crippen LogP contribution is 2.23. The van der Waals surface area contributed by atoms with Gasteiger partial charge in [0, 0.05) is 30.2 Å². The Morgan fingerprint density at radius 3 is 2.37 bits per heavy atom. The molecule has 0 saturated heterocycles. The van der Waals surface area contributed by atoms with Gasteiger partial charge in [0.05, 0.1) is 12.6 Å². The SMILES string of the molecule is C=CCN(CC=C)C(=O)Cn1cc(-c2ccc(OC)cc2)c(=O)c2ccc(C)cc21. The lowest BCUT2D eigenvalue weighted by molar-refractivity contribution is -0.130. The van der Waals surface area contributed by atoms with Crippen molar-refractivity contribution in [3.63, 3.8) is 0 Å². The fraction of sp³-hybridized carbons (Fsp3) is 0.200. The van der Waals surface area contributed by atoms with Gasteiger partial charge in [-0.1, -0.05) is 30.4 Å². The van der Waals surface area contributed by atoms with Gasteiger partial charge >= 0.3 is 0 Å². The number of aromatic nitrogens is 1. The molecule has 0 bridgehead atoms. The number of fused-ring (bicyclic) bond motifs is 1. The van der Waals surface area contributed by atoms with Gasteiger partial charge in [-0.25, -0.2) is 0 Å². The first-order chi connectivity index (χ1) is 14.5. The molecular weight excluding hydrogens is 376 g/mol. The minimum Gasteiger partial charge on any atom is -0.497 e. The summed E-state index contributed by atoms with van der Waals surface area (Å²) in [6, 6.07) is 13.0. The van der Waals surface area contributed by atoms with E-state index < -0.39 is 0 Å². The van der Waals surface area contributed by atoms with Gasteiger partial charge in [0.2, 0.25) is 5.91 Å². The number of nitrogens with zero attached hydrogens (tertiary/aromatic N) is 2. The Morgan fingerprint density at radius 2 is 1.77 bits per heavy atom. The first-order valence-corrected chi connectivity index (χ1v) is 9.76. The van der Waals surface area contributed by atoms with Crippen molar-refractivity contribution < 1.29 is 9.53 Å². The van der Waals surface area contributed by atoms with Crippen molar-refractivity contribution in [3.8, 4) is 16.9 Å². The molecule has 0 saturated carbocycles. The van der Waals surface area contributed by atoms with Gasteiger partial charge in [0.15, 0.2) is 5.43 Å². The predicted octanol–water partition coefficient (Wildman–Crippen LogP) is 4.19. The number of benzene rings is 2. The average Bonchev–Trinajstić information content (AvgIpc) is 2.75. The number of carbonyl (C=O) groups excluding carboxylic acids is 1. The van der Waals surface area contributed by atoms with Crippen LogP contribution >= 0.6 is 0 Å². The average molecular weight is 402 g/mol. The largest absolute Gasteiger partial charge is 0.497 e. The van der Waals surface area contributed by atoms with Crippen molar-refractivity contribution in [1.82, 2.24) is 9.47 Å². The Bertz CT molecular complexity index is 1130. The molecule has 0 unspecified atom stereocenters. The van der Waals surface area contributed by atoms with E-state index >= 15 is 0 Å². The molecule has 1 amide bonds. The van der Waals surface area contributed by atoms with Crippen LogP contribution < -0.4 is 10.2 Å². The standard InChI is InChI=1S/C25H26N2O3/c1-5-13-26(14-6-2)24(28)17-27-16-22(19-8-10-20(30-4)11-9-19)25(29)21-12-7-18(3)15-23(21)27/h5-12,15-16H,1-2,13-14,17H2,3-4H3. The summed E-state index contributed by atoms with van der Waals surface area (Å²) < 4.78 is 7.07. The summed E-state index contributed by atoms with van der Waals surface area (Å²) >= 11 is 0. The molecule has 0 radical (unpaired) electrons. The molecule has 0 aliphatic rings. The first-order valence-electron chi connectivity index (χ1n) is 9.76. The molecule has 0 atom stereocenters. The number of hydrogen-bond donors (Lipinski definition) is 0. The highest BCUT2D eigenvalue weighted by atomic mass is 16.5. The molecule has 30 heavy (non-hydrogen) atoms. The number of pyridine rings is 1. The second-order valence-corrected chi connectivity index (χ2v) is 7.12. The highest BCUT2D eigenvalue weighted by molar-refractivity contribution is 5.86. The molecule has 5 heteroatoms. The molecule has 5 nitrogen and oxygen atoms in total. The molecule has 1 aromatic heterocycles. The van der Waals surface area contributed by atoms with Crippen molar-refractivity contribution in [3.05, 3.63) is 89.8 Å². The Balaban J connectivity index is 2.14. The Hall–Kier alpha value is -3.60. The number of methoxy groups -OCH3 is 1. The topological polar surface area (TPSA) is 51.5 Å². The lowest BCUT2D eigenvalue weighted by Crippen LogP contribution is -2.34. The summed E-state index contributed by atoms with van der Waals surface area (Å²) in [7, 11) is 1.60. The Labute approximate surface area is 176 Å². The quantitative estimate of drug-likeness (QED) is 0.531. The number of carbonyl (C=O) groups is 1. The van der Waals surface area contributed by atoms with E-state index in [2.05, 4.69) is 13.2 Å². The first kappa shape index (κ1) is 21.1. The van der Waals surface area contributed by atoms with Gasteiger partial charge in [0.25, 0.3) is 0 Å². The lowest BCUT2D eigenvalue weighted by atomic mass is 10.0. The molecule has 2 aromatic carbocycles. The predicted molar refractivity (Wildman–Crippen MR) is 122 cm³/mol. The molecule has 0 fully saturated rings. The number of amides is 1. The Morgan fingerprint density at radius 1 is 1.10 bits per heavy atom. The number of hydrogen-bond acceptors (Lipinski definition) is 3. The molecule has 3 aromatic rings. The minimum atomic E-state index is -0.0677. The van der Waals surface area contributed by atoms with E-state index in [1.54, 1.807) is 30.4 Å². The summed E-state index contributed by atoms with van der Waals surface area (Å²) in [6.07, 6.45) is 5.15. The van der Waals surface area contributed by atoms with Crippen molar-refractivity contribution in [1.29, 1.82) is 0 Å². The van der Waals surface area contributed by atoms with Crippen molar-refractivity contribution >= 4 is 16.8 Å². The number of ether oxygens (including phenoxy) is 1. The van der Waals surface area contributed by atoms with Gasteiger partial charge in [0.1, 0.15) is 12.3 Å². The third-order valence-corrected chi connectivity index (χ3v) is 5.00. The van der Waals surface area contributed by atoms with Gasteiger partial charge in [-0.15, -0.1) is 13.2 Å². The van der Waals surface area contributed by atoms with Gasteiger partial charge in [-0.3, -0.25) is 9.59 Å². The summed E-state index contributed by atoms with van der Waals surface area (Å²) in [5.41, 5.74) is 3.02. The molecular formula is C25H26N2O3. The maximum Gasteiger partial charge on any atom is 0.243 e. The van der Waals surface area contributed by atoms with Crippen LogP contribution in [0.15, 0.2) is 78.8 Å². The van der Waals surface area contributed by atoms with E-state index in [9.17, 15) is 9.59 Å². The van der Waals surface area contributed by atoms with Crippen LogP contribution in [0, 0.1) is 6.92 Å². The summed E-state index contributed by atoms with van der Waals surface area (Å²) in [6.45, 7) is 10.4. The maximum atomic E-state index is 13.2. The van der Waals surface area contributed by atoms with E-state index in [-0.39, 0.29) is 17.9 Å².